The summed E-state index contributed by atoms with van der Waals surface area (Å²) in [5.41, 5.74) is -1.12. The molecule has 0 radical (unpaired) electrons. The van der Waals surface area contributed by atoms with Crippen LogP contribution in [0.5, 0.6) is 0 Å². The van der Waals surface area contributed by atoms with Gasteiger partial charge in [-0.1, -0.05) is 24.3 Å². The first-order chi connectivity index (χ1) is 18.8. The Labute approximate surface area is 228 Å². The van der Waals surface area contributed by atoms with Gasteiger partial charge in [0.1, 0.15) is 12.2 Å². The second-order valence-electron chi connectivity index (χ2n) is 10.5. The van der Waals surface area contributed by atoms with Crippen LogP contribution >= 0.6 is 0 Å². The number of carbonyl (C=O) groups excluding carboxylic acids is 3. The number of ether oxygens (including phenoxy) is 3. The molecule has 3 saturated heterocycles. The van der Waals surface area contributed by atoms with Crippen LogP contribution in [0.25, 0.3) is 0 Å². The number of epoxide rings is 2. The lowest BCUT2D eigenvalue weighted by atomic mass is 9.98. The van der Waals surface area contributed by atoms with Gasteiger partial charge in [-0.15, -0.1) is 0 Å². The summed E-state index contributed by atoms with van der Waals surface area (Å²) in [6, 6.07) is 11.3. The van der Waals surface area contributed by atoms with Crippen molar-refractivity contribution in [3.8, 4) is 0 Å². The van der Waals surface area contributed by atoms with E-state index in [1.807, 2.05) is 0 Å². The minimum absolute atomic E-state index is 0.0991. The summed E-state index contributed by atoms with van der Waals surface area (Å²) in [4.78, 5) is 40.6. The van der Waals surface area contributed by atoms with Gasteiger partial charge >= 0.3 is 0 Å². The van der Waals surface area contributed by atoms with Crippen molar-refractivity contribution < 1.29 is 49.5 Å². The third-order valence-electron chi connectivity index (χ3n) is 7.67. The van der Waals surface area contributed by atoms with E-state index in [4.69, 9.17) is 24.6 Å². The van der Waals surface area contributed by atoms with Gasteiger partial charge in [-0.05, 0) is 38.8 Å². The van der Waals surface area contributed by atoms with Crippen LogP contribution in [-0.4, -0.2) is 62.6 Å². The zero-order valence-electron chi connectivity index (χ0n) is 22.1. The fourth-order valence-electron chi connectivity index (χ4n) is 5.07. The van der Waals surface area contributed by atoms with E-state index >= 15 is 0 Å². The van der Waals surface area contributed by atoms with Gasteiger partial charge in [0.25, 0.3) is 11.8 Å². The van der Waals surface area contributed by atoms with Crippen LogP contribution in [0.2, 0.25) is 0 Å². The molecule has 5 N–H and O–H groups in total. The lowest BCUT2D eigenvalue weighted by molar-refractivity contribution is -0.991. The quantitative estimate of drug-likeness (QED) is 0.207. The minimum atomic E-state index is -1.31. The topological polar surface area (TPSA) is 196 Å². The lowest BCUT2D eigenvalue weighted by Gasteiger charge is -2.27. The van der Waals surface area contributed by atoms with Gasteiger partial charge in [0.2, 0.25) is 0 Å². The Morgan fingerprint density at radius 3 is 1.77 bits per heavy atom. The van der Waals surface area contributed by atoms with Crippen molar-refractivity contribution >= 4 is 29.0 Å². The standard InChI is InChI=1S/C26H30N4O10/c1-13-21(27-23(32)25(3)19(39-25)15-5-9-17(10-6-15)29(34)35)38-22(14(2)31)28(13)24(33)26(4)20(40-26)16-7-11-18(12-8-16)30(36)37/h5-13,19-22,29-30,34,36H,1-4H3,(H,27,32). The SMILES string of the molecule is CC(=O)C1OC(NC(=O)C2(C)OC2c2ccc([NH+]([O-])O)cc2)C(C)N1C(=O)C1(C)OC1c1ccc([NH+]([O-])O)cc1. The number of nitrogens with zero attached hydrogens (tertiary/aromatic N) is 1. The van der Waals surface area contributed by atoms with Gasteiger partial charge in [-0.2, -0.15) is 10.5 Å². The van der Waals surface area contributed by atoms with E-state index in [9.17, 15) is 24.8 Å². The minimum Gasteiger partial charge on any atom is -0.595 e. The number of nitrogens with one attached hydrogen (secondary N) is 3. The first kappa shape index (κ1) is 28.2. The number of hydrogen-bond donors (Lipinski definition) is 5. The summed E-state index contributed by atoms with van der Waals surface area (Å²) < 4.78 is 17.3. The second kappa shape index (κ2) is 9.95. The third kappa shape index (κ3) is 4.79. The average Bonchev–Trinajstić information content (AvgIpc) is 3.78. The van der Waals surface area contributed by atoms with E-state index in [-0.39, 0.29) is 11.4 Å². The second-order valence-corrected chi connectivity index (χ2v) is 10.5. The molecule has 2 aromatic rings. The van der Waals surface area contributed by atoms with E-state index in [1.54, 1.807) is 45.0 Å². The van der Waals surface area contributed by atoms with Crippen LogP contribution in [0.1, 0.15) is 51.0 Å². The Kier molecular flexibility index (Phi) is 7.02. The molecule has 40 heavy (non-hydrogen) atoms. The summed E-state index contributed by atoms with van der Waals surface area (Å²) in [6.07, 6.45) is -3.53. The predicted octanol–water partition coefficient (Wildman–Crippen LogP) is -0.542. The highest BCUT2D eigenvalue weighted by Gasteiger charge is 2.64. The number of ketones is 1. The summed E-state index contributed by atoms with van der Waals surface area (Å²) in [5.74, 6) is -1.46. The Bertz CT molecular complexity index is 1320. The van der Waals surface area contributed by atoms with Crippen molar-refractivity contribution in [2.75, 3.05) is 0 Å². The molecule has 9 unspecified atom stereocenters. The van der Waals surface area contributed by atoms with Crippen LogP contribution in [0.15, 0.2) is 48.5 Å². The first-order valence-corrected chi connectivity index (χ1v) is 12.6. The monoisotopic (exact) mass is 558 g/mol. The Morgan fingerprint density at radius 2 is 1.32 bits per heavy atom. The van der Waals surface area contributed by atoms with Crippen LogP contribution < -0.4 is 15.8 Å². The van der Waals surface area contributed by atoms with Crippen molar-refractivity contribution in [2.45, 2.75) is 69.6 Å². The molecule has 14 heteroatoms. The fourth-order valence-corrected chi connectivity index (χ4v) is 5.07. The molecule has 3 fully saturated rings. The molecule has 3 heterocycles. The number of benzene rings is 2. The predicted molar refractivity (Wildman–Crippen MR) is 133 cm³/mol. The number of amides is 2. The summed E-state index contributed by atoms with van der Waals surface area (Å²) in [5, 5.41) is 41.1. The highest BCUT2D eigenvalue weighted by atomic mass is 16.8. The van der Waals surface area contributed by atoms with Crippen LogP contribution in [-0.2, 0) is 28.6 Å². The van der Waals surface area contributed by atoms with E-state index in [0.717, 1.165) is 0 Å². The molecule has 0 spiro atoms. The van der Waals surface area contributed by atoms with Gasteiger partial charge < -0.3 is 34.8 Å². The number of rotatable bonds is 8. The maximum Gasteiger partial charge on any atom is 0.260 e. The highest BCUT2D eigenvalue weighted by Crippen LogP contribution is 2.52. The van der Waals surface area contributed by atoms with Crippen molar-refractivity contribution in [2.24, 2.45) is 0 Å². The van der Waals surface area contributed by atoms with Crippen molar-refractivity contribution in [1.82, 2.24) is 10.2 Å². The molecule has 0 saturated carbocycles. The zero-order chi connectivity index (χ0) is 29.1. The molecule has 3 aliphatic heterocycles. The van der Waals surface area contributed by atoms with E-state index in [2.05, 4.69) is 5.32 Å². The van der Waals surface area contributed by atoms with Gasteiger partial charge in [0.15, 0.2) is 40.8 Å². The molecule has 0 aliphatic carbocycles. The number of Topliss-reactive ketones (excluding diaryl/α,β-unsaturated/α-hetero) is 1. The molecular formula is C26H30N4O10. The molecule has 0 bridgehead atoms. The lowest BCUT2D eigenvalue weighted by Crippen LogP contribution is -2.99. The van der Waals surface area contributed by atoms with Crippen molar-refractivity contribution in [3.05, 3.63) is 70.1 Å². The van der Waals surface area contributed by atoms with E-state index in [1.165, 1.54) is 36.1 Å². The summed E-state index contributed by atoms with van der Waals surface area (Å²) in [7, 11) is 0. The highest BCUT2D eigenvalue weighted by molar-refractivity contribution is 5.94. The van der Waals surface area contributed by atoms with Crippen molar-refractivity contribution in [1.29, 1.82) is 0 Å². The molecule has 9 atom stereocenters. The maximum absolute atomic E-state index is 13.7. The van der Waals surface area contributed by atoms with Crippen LogP contribution in [0, 0.1) is 10.4 Å². The smallest absolute Gasteiger partial charge is 0.260 e. The summed E-state index contributed by atoms with van der Waals surface area (Å²) >= 11 is 0. The molecule has 3 aliphatic rings. The van der Waals surface area contributed by atoms with Gasteiger partial charge in [-0.3, -0.25) is 14.4 Å². The zero-order valence-corrected chi connectivity index (χ0v) is 22.1. The Hall–Kier alpha value is -3.31. The number of carbonyl (C=O) groups is 3. The van der Waals surface area contributed by atoms with Gasteiger partial charge in [-0.25, -0.2) is 10.4 Å². The molecule has 14 nitrogen and oxygen atoms in total. The molecule has 2 aromatic carbocycles. The maximum atomic E-state index is 13.7. The van der Waals surface area contributed by atoms with Crippen LogP contribution in [0.3, 0.4) is 0 Å². The van der Waals surface area contributed by atoms with Crippen molar-refractivity contribution in [3.63, 3.8) is 0 Å². The number of hydrogen-bond acceptors (Lipinski definition) is 10. The van der Waals surface area contributed by atoms with Gasteiger partial charge in [0.05, 0.1) is 6.04 Å². The normalized spacial score (nSPS) is 34.2. The van der Waals surface area contributed by atoms with E-state index in [0.29, 0.717) is 11.1 Å². The first-order valence-electron chi connectivity index (χ1n) is 12.6. The van der Waals surface area contributed by atoms with Crippen LogP contribution in [0.4, 0.5) is 11.4 Å². The average molecular weight is 559 g/mol. The molecule has 5 rings (SSSR count). The Morgan fingerprint density at radius 1 is 0.875 bits per heavy atom. The fraction of sp³-hybridized carbons (Fsp3) is 0.423. The third-order valence-corrected chi connectivity index (χ3v) is 7.67. The molecule has 0 aromatic heterocycles. The molecule has 2 amide bonds. The Balaban J connectivity index is 1.27. The molecule has 214 valence electrons. The van der Waals surface area contributed by atoms with Gasteiger partial charge in [0, 0.05) is 24.3 Å². The molecular weight excluding hydrogens is 528 g/mol. The largest absolute Gasteiger partial charge is 0.595 e. The van der Waals surface area contributed by atoms with E-state index < -0.39 is 70.0 Å². The number of quaternary nitrogens is 2. The summed E-state index contributed by atoms with van der Waals surface area (Å²) in [6.45, 7) is 6.09.